The first kappa shape index (κ1) is 11.7. The van der Waals surface area contributed by atoms with Gasteiger partial charge in [0.05, 0.1) is 0 Å². The lowest BCUT2D eigenvalue weighted by atomic mass is 10.0. The summed E-state index contributed by atoms with van der Waals surface area (Å²) in [5.41, 5.74) is 2.74. The molecular weight excluding hydrogens is 197 g/mol. The third-order valence-corrected chi connectivity index (χ3v) is 2.53. The maximum absolute atomic E-state index is 12.3. The molecule has 0 aliphatic carbocycles. The van der Waals surface area contributed by atoms with E-state index in [1.807, 2.05) is 0 Å². The number of nitrogens with two attached hydrogens (primary N) is 1. The molecule has 3 nitrogen and oxygen atoms in total. The quantitative estimate of drug-likeness (QED) is 0.709. The molecule has 0 bridgehead atoms. The van der Waals surface area contributed by atoms with Crippen LogP contribution in [0.4, 0.5) is 13.2 Å². The first-order chi connectivity index (χ1) is 6.39. The van der Waals surface area contributed by atoms with Crippen LogP contribution in [0, 0.1) is 0 Å². The Bertz CT molecular complexity index is 198. The fraction of sp³-hybridized carbons (Fsp3) is 1.00. The molecule has 0 aromatic carbocycles. The molecule has 84 valence electrons. The first-order valence-corrected chi connectivity index (χ1v) is 4.60. The third kappa shape index (κ3) is 2.37. The molecule has 1 saturated heterocycles. The van der Waals surface area contributed by atoms with Crippen molar-refractivity contribution in [2.24, 2.45) is 5.73 Å². The van der Waals surface area contributed by atoms with Gasteiger partial charge in [-0.05, 0) is 25.9 Å². The van der Waals surface area contributed by atoms with Gasteiger partial charge in [-0.3, -0.25) is 4.90 Å². The van der Waals surface area contributed by atoms with E-state index in [9.17, 15) is 18.3 Å². The van der Waals surface area contributed by atoms with Crippen LogP contribution in [0.2, 0.25) is 0 Å². The van der Waals surface area contributed by atoms with E-state index in [4.69, 9.17) is 5.73 Å². The van der Waals surface area contributed by atoms with Crippen molar-refractivity contribution in [1.82, 2.24) is 4.90 Å². The second-order valence-corrected chi connectivity index (χ2v) is 3.70. The van der Waals surface area contributed by atoms with E-state index in [0.29, 0.717) is 19.5 Å². The minimum atomic E-state index is -4.52. The number of hydrogen-bond acceptors (Lipinski definition) is 3. The first-order valence-electron chi connectivity index (χ1n) is 4.60. The highest BCUT2D eigenvalue weighted by Crippen LogP contribution is 2.37. The van der Waals surface area contributed by atoms with Crippen LogP contribution in [0.1, 0.15) is 12.8 Å². The summed E-state index contributed by atoms with van der Waals surface area (Å²) in [7, 11) is 0. The van der Waals surface area contributed by atoms with E-state index >= 15 is 0 Å². The molecule has 6 heteroatoms. The molecule has 0 radical (unpaired) electrons. The normalized spacial score (nSPS) is 29.8. The minimum Gasteiger partial charge on any atom is -0.379 e. The average Bonchev–Trinajstić information content (AvgIpc) is 2.44. The van der Waals surface area contributed by atoms with Gasteiger partial charge in [-0.1, -0.05) is 0 Å². The number of halogens is 3. The van der Waals surface area contributed by atoms with Crippen LogP contribution in [0.5, 0.6) is 0 Å². The van der Waals surface area contributed by atoms with Gasteiger partial charge in [0.2, 0.25) is 0 Å². The number of rotatable bonds is 3. The summed E-state index contributed by atoms with van der Waals surface area (Å²) in [5, 5.41) is 9.30. The molecule has 14 heavy (non-hydrogen) atoms. The molecule has 1 aliphatic rings. The Labute approximate surface area is 80.7 Å². The number of β-amino-alcohol motifs (C(OH)–C–C–N with tert-alkyl or cyclic N) is 1. The molecule has 0 amide bonds. The zero-order valence-electron chi connectivity index (χ0n) is 7.85. The smallest absolute Gasteiger partial charge is 0.379 e. The van der Waals surface area contributed by atoms with Gasteiger partial charge in [0.1, 0.15) is 0 Å². The van der Waals surface area contributed by atoms with E-state index in [1.165, 1.54) is 0 Å². The molecule has 0 aromatic heterocycles. The van der Waals surface area contributed by atoms with Crippen LogP contribution in [0.25, 0.3) is 0 Å². The number of aliphatic hydroxyl groups is 1. The monoisotopic (exact) mass is 212 g/mol. The van der Waals surface area contributed by atoms with Gasteiger partial charge in [-0.2, -0.15) is 13.2 Å². The highest BCUT2D eigenvalue weighted by Gasteiger charge is 2.56. The van der Waals surface area contributed by atoms with Crippen LogP contribution >= 0.6 is 0 Å². The number of likely N-dealkylation sites (tertiary alicyclic amines) is 1. The topological polar surface area (TPSA) is 49.5 Å². The van der Waals surface area contributed by atoms with Crippen molar-refractivity contribution in [3.63, 3.8) is 0 Å². The zero-order valence-corrected chi connectivity index (χ0v) is 7.85. The molecule has 1 heterocycles. The molecule has 0 aromatic rings. The Kier molecular flexibility index (Phi) is 3.39. The van der Waals surface area contributed by atoms with Gasteiger partial charge < -0.3 is 10.8 Å². The average molecular weight is 212 g/mol. The van der Waals surface area contributed by atoms with Gasteiger partial charge in [0.25, 0.3) is 0 Å². The number of nitrogens with zero attached hydrogens (tertiary/aromatic N) is 1. The molecule has 0 saturated carbocycles. The summed E-state index contributed by atoms with van der Waals surface area (Å²) < 4.78 is 37.0. The summed E-state index contributed by atoms with van der Waals surface area (Å²) in [6.07, 6.45) is -4.10. The van der Waals surface area contributed by atoms with E-state index in [-0.39, 0.29) is 19.5 Å². The number of hydrogen-bond donors (Lipinski definition) is 2. The molecule has 3 N–H and O–H groups in total. The maximum atomic E-state index is 12.3. The SMILES string of the molecule is NCCCN1CC[C@](O)(C(F)(F)F)C1. The number of alkyl halides is 3. The predicted octanol–water partition coefficient (Wildman–Crippen LogP) is 0.334. The lowest BCUT2D eigenvalue weighted by molar-refractivity contribution is -0.253. The Morgan fingerprint density at radius 3 is 2.50 bits per heavy atom. The standard InChI is InChI=1S/C8H15F3N2O/c9-8(10,11)7(14)2-5-13(6-7)4-1-3-12/h14H,1-6,12H2/t7-/m1/s1. The van der Waals surface area contributed by atoms with E-state index < -0.39 is 11.8 Å². The van der Waals surface area contributed by atoms with Crippen molar-refractivity contribution >= 4 is 0 Å². The van der Waals surface area contributed by atoms with E-state index in [1.54, 1.807) is 4.90 Å². The zero-order chi connectivity index (χ0) is 10.8. The van der Waals surface area contributed by atoms with E-state index in [2.05, 4.69) is 0 Å². The summed E-state index contributed by atoms with van der Waals surface area (Å²) in [6, 6.07) is 0. The Morgan fingerprint density at radius 1 is 1.43 bits per heavy atom. The van der Waals surface area contributed by atoms with Crippen molar-refractivity contribution < 1.29 is 18.3 Å². The van der Waals surface area contributed by atoms with Crippen molar-refractivity contribution in [3.8, 4) is 0 Å². The second kappa shape index (κ2) is 4.04. The highest BCUT2D eigenvalue weighted by atomic mass is 19.4. The summed E-state index contributed by atoms with van der Waals surface area (Å²) in [4.78, 5) is 1.60. The fourth-order valence-corrected chi connectivity index (χ4v) is 1.61. The minimum absolute atomic E-state index is 0.235. The highest BCUT2D eigenvalue weighted by molar-refractivity contribution is 4.95. The fourth-order valence-electron chi connectivity index (χ4n) is 1.61. The van der Waals surface area contributed by atoms with Crippen molar-refractivity contribution in [1.29, 1.82) is 0 Å². The molecule has 1 rings (SSSR count). The predicted molar refractivity (Wildman–Crippen MR) is 45.7 cm³/mol. The van der Waals surface area contributed by atoms with Gasteiger partial charge in [0, 0.05) is 13.1 Å². The summed E-state index contributed by atoms with van der Waals surface area (Å²) in [5.74, 6) is 0. The molecule has 1 aliphatic heterocycles. The van der Waals surface area contributed by atoms with Crippen LogP contribution in [0.3, 0.4) is 0 Å². The Hall–Kier alpha value is -0.330. The van der Waals surface area contributed by atoms with Gasteiger partial charge in [0.15, 0.2) is 5.60 Å². The van der Waals surface area contributed by atoms with E-state index in [0.717, 1.165) is 0 Å². The van der Waals surface area contributed by atoms with Crippen molar-refractivity contribution in [3.05, 3.63) is 0 Å². The maximum Gasteiger partial charge on any atom is 0.418 e. The van der Waals surface area contributed by atoms with Crippen molar-refractivity contribution in [2.75, 3.05) is 26.2 Å². The van der Waals surface area contributed by atoms with Crippen LogP contribution in [-0.2, 0) is 0 Å². The molecule has 1 atom stereocenters. The third-order valence-electron chi connectivity index (χ3n) is 2.53. The molecule has 1 fully saturated rings. The van der Waals surface area contributed by atoms with Crippen LogP contribution < -0.4 is 5.73 Å². The molecule has 0 unspecified atom stereocenters. The Morgan fingerprint density at radius 2 is 2.07 bits per heavy atom. The molecular formula is C8H15F3N2O. The summed E-state index contributed by atoms with van der Waals surface area (Å²) in [6.45, 7) is 0.947. The van der Waals surface area contributed by atoms with Gasteiger partial charge >= 0.3 is 6.18 Å². The van der Waals surface area contributed by atoms with Crippen LogP contribution in [-0.4, -0.2) is 48.0 Å². The molecule has 0 spiro atoms. The second-order valence-electron chi connectivity index (χ2n) is 3.70. The lowest BCUT2D eigenvalue weighted by Gasteiger charge is -2.25. The Balaban J connectivity index is 2.47. The van der Waals surface area contributed by atoms with Gasteiger partial charge in [-0.25, -0.2) is 0 Å². The lowest BCUT2D eigenvalue weighted by Crippen LogP contribution is -2.47. The van der Waals surface area contributed by atoms with Crippen LogP contribution in [0.15, 0.2) is 0 Å². The largest absolute Gasteiger partial charge is 0.418 e. The van der Waals surface area contributed by atoms with Crippen molar-refractivity contribution in [2.45, 2.75) is 24.6 Å². The summed E-state index contributed by atoms with van der Waals surface area (Å²) >= 11 is 0. The van der Waals surface area contributed by atoms with Gasteiger partial charge in [-0.15, -0.1) is 0 Å².